The average molecular weight is 401 g/mol. The summed E-state index contributed by atoms with van der Waals surface area (Å²) >= 11 is 4.30. The van der Waals surface area contributed by atoms with Gasteiger partial charge in [0.2, 0.25) is 5.91 Å². The van der Waals surface area contributed by atoms with E-state index in [0.717, 1.165) is 26.0 Å². The summed E-state index contributed by atoms with van der Waals surface area (Å²) in [5.74, 6) is 0.121. The van der Waals surface area contributed by atoms with Gasteiger partial charge in [-0.15, -0.1) is 10.2 Å². The van der Waals surface area contributed by atoms with Gasteiger partial charge in [0.05, 0.1) is 5.75 Å². The number of amides is 1. The molecule has 0 saturated heterocycles. The van der Waals surface area contributed by atoms with E-state index in [2.05, 4.69) is 20.5 Å². The quantitative estimate of drug-likeness (QED) is 0.475. The van der Waals surface area contributed by atoms with Crippen LogP contribution in [0.4, 0.5) is 5.69 Å². The van der Waals surface area contributed by atoms with E-state index < -0.39 is 0 Å². The standard InChI is InChI=1S/C17H12N4O2S3/c22-15(9-24-16-20-13-3-1-2-4-14(13)23-16)19-11-5-7-12(8-6-11)26-17-21-18-10-25-17/h1-8,10H,9H2,(H,19,22). The van der Waals surface area contributed by atoms with Crippen LogP contribution in [0.5, 0.6) is 0 Å². The SMILES string of the molecule is O=C(CSc1nc2ccccc2o1)Nc1ccc(Sc2nncs2)cc1. The van der Waals surface area contributed by atoms with Crippen LogP contribution in [0.1, 0.15) is 0 Å². The summed E-state index contributed by atoms with van der Waals surface area (Å²) in [5.41, 5.74) is 3.96. The number of nitrogens with one attached hydrogen (secondary N) is 1. The van der Waals surface area contributed by atoms with Crippen molar-refractivity contribution >= 4 is 57.6 Å². The highest BCUT2D eigenvalue weighted by atomic mass is 32.2. The normalized spacial score (nSPS) is 10.9. The molecule has 4 aromatic rings. The first-order valence-electron chi connectivity index (χ1n) is 7.58. The number of hydrogen-bond donors (Lipinski definition) is 1. The van der Waals surface area contributed by atoms with Crippen molar-refractivity contribution in [1.29, 1.82) is 0 Å². The van der Waals surface area contributed by atoms with Crippen LogP contribution in [0.15, 0.2) is 72.9 Å². The molecule has 0 radical (unpaired) electrons. The minimum atomic E-state index is -0.109. The molecular weight excluding hydrogens is 388 g/mol. The van der Waals surface area contributed by atoms with Crippen molar-refractivity contribution in [2.75, 3.05) is 11.1 Å². The zero-order chi connectivity index (χ0) is 17.8. The van der Waals surface area contributed by atoms with Gasteiger partial charge >= 0.3 is 0 Å². The van der Waals surface area contributed by atoms with E-state index in [1.165, 1.54) is 34.9 Å². The molecule has 2 aromatic carbocycles. The number of para-hydroxylation sites is 2. The molecule has 1 amide bonds. The van der Waals surface area contributed by atoms with Crippen molar-refractivity contribution in [2.24, 2.45) is 0 Å². The first-order chi connectivity index (χ1) is 12.8. The van der Waals surface area contributed by atoms with Crippen LogP contribution >= 0.6 is 34.9 Å². The van der Waals surface area contributed by atoms with E-state index in [9.17, 15) is 4.79 Å². The van der Waals surface area contributed by atoms with Gasteiger partial charge in [-0.05, 0) is 36.4 Å². The number of benzene rings is 2. The summed E-state index contributed by atoms with van der Waals surface area (Å²) in [6, 6.07) is 15.1. The number of fused-ring (bicyclic) bond motifs is 1. The van der Waals surface area contributed by atoms with Crippen molar-refractivity contribution in [3.05, 3.63) is 54.0 Å². The van der Waals surface area contributed by atoms with Gasteiger partial charge in [-0.1, -0.05) is 47.0 Å². The highest BCUT2D eigenvalue weighted by Gasteiger charge is 2.09. The van der Waals surface area contributed by atoms with Crippen LogP contribution in [-0.4, -0.2) is 26.8 Å². The number of thioether (sulfide) groups is 1. The predicted molar refractivity (Wildman–Crippen MR) is 104 cm³/mol. The third-order valence-electron chi connectivity index (χ3n) is 3.28. The number of oxazole rings is 1. The molecule has 0 bridgehead atoms. The number of carbonyl (C=O) groups is 1. The minimum Gasteiger partial charge on any atom is -0.431 e. The molecule has 0 unspecified atom stereocenters. The fourth-order valence-electron chi connectivity index (χ4n) is 2.15. The molecule has 130 valence electrons. The summed E-state index contributed by atoms with van der Waals surface area (Å²) in [4.78, 5) is 17.5. The molecule has 6 nitrogen and oxygen atoms in total. The zero-order valence-electron chi connectivity index (χ0n) is 13.3. The molecule has 1 N–H and O–H groups in total. The number of nitrogens with zero attached hydrogens (tertiary/aromatic N) is 3. The first-order valence-corrected chi connectivity index (χ1v) is 10.3. The molecule has 0 spiro atoms. The van der Waals surface area contributed by atoms with Crippen LogP contribution < -0.4 is 5.32 Å². The molecule has 0 atom stereocenters. The fraction of sp³-hybridized carbons (Fsp3) is 0.0588. The van der Waals surface area contributed by atoms with Crippen molar-refractivity contribution in [1.82, 2.24) is 15.2 Å². The third-order valence-corrected chi connectivity index (χ3v) is 5.90. The average Bonchev–Trinajstić information content (AvgIpc) is 3.30. The molecule has 0 fully saturated rings. The Bertz CT molecular complexity index is 983. The van der Waals surface area contributed by atoms with Crippen LogP contribution in [0.25, 0.3) is 11.1 Å². The van der Waals surface area contributed by atoms with E-state index in [0.29, 0.717) is 5.22 Å². The molecule has 0 aliphatic heterocycles. The maximum atomic E-state index is 12.1. The number of anilines is 1. The number of rotatable bonds is 6. The van der Waals surface area contributed by atoms with Crippen molar-refractivity contribution in [2.45, 2.75) is 14.5 Å². The number of carbonyl (C=O) groups excluding carboxylic acids is 1. The molecular formula is C17H12N4O2S3. The van der Waals surface area contributed by atoms with Crippen molar-refractivity contribution < 1.29 is 9.21 Å². The second-order valence-corrected chi connectivity index (χ2v) is 8.20. The van der Waals surface area contributed by atoms with Crippen LogP contribution in [0, 0.1) is 0 Å². The Morgan fingerprint density at radius 3 is 2.77 bits per heavy atom. The molecule has 2 aromatic heterocycles. The second kappa shape index (κ2) is 7.90. The summed E-state index contributed by atoms with van der Waals surface area (Å²) < 4.78 is 6.48. The summed E-state index contributed by atoms with van der Waals surface area (Å²) in [5, 5.41) is 11.2. The van der Waals surface area contributed by atoms with Crippen LogP contribution in [0.3, 0.4) is 0 Å². The first kappa shape index (κ1) is 17.1. The highest BCUT2D eigenvalue weighted by molar-refractivity contribution is 8.01. The number of aromatic nitrogens is 3. The fourth-order valence-corrected chi connectivity index (χ4v) is 4.24. The lowest BCUT2D eigenvalue weighted by atomic mass is 10.3. The Morgan fingerprint density at radius 2 is 2.00 bits per heavy atom. The van der Waals surface area contributed by atoms with E-state index in [4.69, 9.17) is 4.42 Å². The summed E-state index contributed by atoms with van der Waals surface area (Å²) in [6.07, 6.45) is 0. The van der Waals surface area contributed by atoms with Gasteiger partial charge in [0.25, 0.3) is 5.22 Å². The molecule has 0 saturated carbocycles. The van der Waals surface area contributed by atoms with E-state index in [-0.39, 0.29) is 11.7 Å². The van der Waals surface area contributed by atoms with Gasteiger partial charge in [0.1, 0.15) is 11.0 Å². The Kier molecular flexibility index (Phi) is 5.19. The number of hydrogen-bond acceptors (Lipinski definition) is 8. The molecule has 9 heteroatoms. The predicted octanol–water partition coefficient (Wildman–Crippen LogP) is 4.56. The lowest BCUT2D eigenvalue weighted by Crippen LogP contribution is -2.13. The molecule has 0 aliphatic rings. The monoisotopic (exact) mass is 400 g/mol. The van der Waals surface area contributed by atoms with Gasteiger partial charge in [-0.2, -0.15) is 0 Å². The largest absolute Gasteiger partial charge is 0.431 e. The molecule has 4 rings (SSSR count). The minimum absolute atomic E-state index is 0.109. The van der Waals surface area contributed by atoms with Gasteiger partial charge < -0.3 is 9.73 Å². The van der Waals surface area contributed by atoms with Gasteiger partial charge in [0.15, 0.2) is 9.92 Å². The van der Waals surface area contributed by atoms with E-state index >= 15 is 0 Å². The Balaban J connectivity index is 1.31. The van der Waals surface area contributed by atoms with E-state index in [1.807, 2.05) is 48.5 Å². The van der Waals surface area contributed by atoms with Gasteiger partial charge in [-0.3, -0.25) is 4.79 Å². The lowest BCUT2D eigenvalue weighted by molar-refractivity contribution is -0.113. The molecule has 26 heavy (non-hydrogen) atoms. The lowest BCUT2D eigenvalue weighted by Gasteiger charge is -2.05. The van der Waals surface area contributed by atoms with Crippen LogP contribution in [0.2, 0.25) is 0 Å². The zero-order valence-corrected chi connectivity index (χ0v) is 15.7. The topological polar surface area (TPSA) is 80.9 Å². The van der Waals surface area contributed by atoms with Gasteiger partial charge in [0, 0.05) is 10.6 Å². The maximum absolute atomic E-state index is 12.1. The maximum Gasteiger partial charge on any atom is 0.257 e. The van der Waals surface area contributed by atoms with Gasteiger partial charge in [-0.25, -0.2) is 4.98 Å². The highest BCUT2D eigenvalue weighted by Crippen LogP contribution is 2.29. The Labute approximate surface area is 161 Å². The van der Waals surface area contributed by atoms with Crippen LogP contribution in [-0.2, 0) is 4.79 Å². The summed E-state index contributed by atoms with van der Waals surface area (Å²) in [7, 11) is 0. The second-order valence-electron chi connectivity index (χ2n) is 5.12. The Hall–Kier alpha value is -2.36. The molecule has 0 aliphatic carbocycles. The Morgan fingerprint density at radius 1 is 1.15 bits per heavy atom. The van der Waals surface area contributed by atoms with Crippen molar-refractivity contribution in [3.63, 3.8) is 0 Å². The molecule has 2 heterocycles. The van der Waals surface area contributed by atoms with Crippen molar-refractivity contribution in [3.8, 4) is 0 Å². The third kappa shape index (κ3) is 4.24. The summed E-state index contributed by atoms with van der Waals surface area (Å²) in [6.45, 7) is 0. The van der Waals surface area contributed by atoms with E-state index in [1.54, 1.807) is 5.51 Å². The smallest absolute Gasteiger partial charge is 0.257 e.